The van der Waals surface area contributed by atoms with Crippen LogP contribution in [0.3, 0.4) is 0 Å². The van der Waals surface area contributed by atoms with Crippen LogP contribution >= 0.6 is 24.0 Å². The van der Waals surface area contributed by atoms with Crippen molar-refractivity contribution in [3.63, 3.8) is 0 Å². The van der Waals surface area contributed by atoms with E-state index in [0.717, 1.165) is 44.4 Å². The smallest absolute Gasteiger partial charge is 0.191 e. The highest BCUT2D eigenvalue weighted by Gasteiger charge is 2.22. The predicted molar refractivity (Wildman–Crippen MR) is 130 cm³/mol. The highest BCUT2D eigenvalue weighted by molar-refractivity contribution is 14.0. The average Bonchev–Trinajstić information content (AvgIpc) is 3.23. The number of likely N-dealkylation sites (N-methyl/N-ethyl adjacent to an activating group) is 2. The fourth-order valence-electron chi connectivity index (χ4n) is 3.46. The molecule has 0 bridgehead atoms. The van der Waals surface area contributed by atoms with Gasteiger partial charge in [0.05, 0.1) is 18.3 Å². The van der Waals surface area contributed by atoms with Gasteiger partial charge >= 0.3 is 0 Å². The number of hydrogen-bond donors (Lipinski definition) is 2. The highest BCUT2D eigenvalue weighted by Crippen LogP contribution is 2.16. The number of hydrogen-bond acceptors (Lipinski definition) is 4. The molecular formula is C21H34IN7. The molecule has 8 heteroatoms. The van der Waals surface area contributed by atoms with E-state index in [2.05, 4.69) is 77.7 Å². The Morgan fingerprint density at radius 3 is 2.83 bits per heavy atom. The number of nitrogens with zero attached hydrogens (tertiary/aromatic N) is 5. The lowest BCUT2D eigenvalue weighted by Crippen LogP contribution is -2.51. The summed E-state index contributed by atoms with van der Waals surface area (Å²) in [4.78, 5) is 9.65. The number of guanidine groups is 1. The van der Waals surface area contributed by atoms with Crippen LogP contribution in [0.4, 0.5) is 0 Å². The minimum Gasteiger partial charge on any atom is -0.357 e. The van der Waals surface area contributed by atoms with E-state index in [9.17, 15) is 0 Å². The van der Waals surface area contributed by atoms with Gasteiger partial charge in [0, 0.05) is 44.6 Å². The second kappa shape index (κ2) is 11.5. The Morgan fingerprint density at radius 1 is 1.28 bits per heavy atom. The van der Waals surface area contributed by atoms with E-state index in [1.165, 1.54) is 5.56 Å². The van der Waals surface area contributed by atoms with Gasteiger partial charge in [0.2, 0.25) is 0 Å². The first-order chi connectivity index (χ1) is 13.6. The quantitative estimate of drug-likeness (QED) is 0.355. The molecule has 2 aromatic rings. The minimum absolute atomic E-state index is 0. The molecular weight excluding hydrogens is 477 g/mol. The fourth-order valence-corrected chi connectivity index (χ4v) is 3.46. The summed E-state index contributed by atoms with van der Waals surface area (Å²) >= 11 is 0. The second-order valence-corrected chi connectivity index (χ2v) is 7.53. The van der Waals surface area contributed by atoms with E-state index < -0.39 is 0 Å². The molecule has 3 rings (SSSR count). The number of rotatable bonds is 6. The van der Waals surface area contributed by atoms with E-state index in [0.29, 0.717) is 6.04 Å². The van der Waals surface area contributed by atoms with E-state index >= 15 is 0 Å². The summed E-state index contributed by atoms with van der Waals surface area (Å²) in [6.45, 7) is 9.16. The van der Waals surface area contributed by atoms with Gasteiger partial charge in [-0.3, -0.25) is 9.89 Å². The van der Waals surface area contributed by atoms with Crippen LogP contribution in [0, 0.1) is 0 Å². The van der Waals surface area contributed by atoms with Gasteiger partial charge in [-0.25, -0.2) is 4.68 Å². The third-order valence-electron chi connectivity index (χ3n) is 5.28. The zero-order valence-electron chi connectivity index (χ0n) is 17.9. The molecule has 2 heterocycles. The minimum atomic E-state index is 0. The zero-order chi connectivity index (χ0) is 19.9. The van der Waals surface area contributed by atoms with Crippen LogP contribution < -0.4 is 10.6 Å². The number of halogens is 1. The molecule has 29 heavy (non-hydrogen) atoms. The maximum absolute atomic E-state index is 4.87. The van der Waals surface area contributed by atoms with Crippen molar-refractivity contribution in [2.24, 2.45) is 4.99 Å². The normalized spacial score (nSPS) is 19.4. The molecule has 2 atom stereocenters. The Morgan fingerprint density at radius 2 is 2.10 bits per heavy atom. The molecule has 1 aliphatic rings. The van der Waals surface area contributed by atoms with Crippen molar-refractivity contribution in [2.75, 3.05) is 46.8 Å². The van der Waals surface area contributed by atoms with Crippen molar-refractivity contribution in [1.29, 1.82) is 0 Å². The SMILES string of the molecule is CCNC(=NCC1CN(C)CCN1C)NC(C)c1cccc(-n2cccn2)c1.I. The van der Waals surface area contributed by atoms with Crippen molar-refractivity contribution in [1.82, 2.24) is 30.2 Å². The van der Waals surface area contributed by atoms with E-state index in [4.69, 9.17) is 4.99 Å². The van der Waals surface area contributed by atoms with Crippen LogP contribution in [0.5, 0.6) is 0 Å². The largest absolute Gasteiger partial charge is 0.357 e. The van der Waals surface area contributed by atoms with Gasteiger partial charge in [-0.05, 0) is 51.7 Å². The Bertz CT molecular complexity index is 762. The molecule has 1 aromatic heterocycles. The lowest BCUT2D eigenvalue weighted by atomic mass is 10.1. The van der Waals surface area contributed by atoms with E-state index in [1.54, 1.807) is 6.20 Å². The lowest BCUT2D eigenvalue weighted by molar-refractivity contribution is 0.119. The summed E-state index contributed by atoms with van der Waals surface area (Å²) < 4.78 is 1.88. The van der Waals surface area contributed by atoms with E-state index in [-0.39, 0.29) is 30.0 Å². The molecule has 0 aliphatic carbocycles. The van der Waals surface area contributed by atoms with Crippen LogP contribution in [0.2, 0.25) is 0 Å². The summed E-state index contributed by atoms with van der Waals surface area (Å²) in [6, 6.07) is 11.0. The molecule has 1 aliphatic heterocycles. The van der Waals surface area contributed by atoms with Gasteiger partial charge in [0.25, 0.3) is 0 Å². The Balaban J connectivity index is 0.00000300. The standard InChI is InChI=1S/C21H33N7.HI/c1-5-22-21(23-15-20-16-26(3)12-13-27(20)4)25-17(2)18-8-6-9-19(14-18)28-11-7-10-24-28;/h6-11,14,17,20H,5,12-13,15-16H2,1-4H3,(H2,22,23,25);1H. The fraction of sp³-hybridized carbons (Fsp3) is 0.524. The van der Waals surface area contributed by atoms with Gasteiger partial charge in [0.15, 0.2) is 5.96 Å². The topological polar surface area (TPSA) is 60.7 Å². The first-order valence-corrected chi connectivity index (χ1v) is 10.1. The molecule has 0 saturated carbocycles. The van der Waals surface area contributed by atoms with Crippen molar-refractivity contribution in [3.8, 4) is 5.69 Å². The number of piperazine rings is 1. The molecule has 2 unspecified atom stereocenters. The summed E-state index contributed by atoms with van der Waals surface area (Å²) in [5.41, 5.74) is 2.26. The van der Waals surface area contributed by atoms with Crippen LogP contribution in [-0.4, -0.2) is 78.4 Å². The van der Waals surface area contributed by atoms with Crippen molar-refractivity contribution >= 4 is 29.9 Å². The zero-order valence-corrected chi connectivity index (χ0v) is 20.2. The summed E-state index contributed by atoms with van der Waals surface area (Å²) in [6.07, 6.45) is 3.75. The predicted octanol–water partition coefficient (Wildman–Crippen LogP) is 2.35. The van der Waals surface area contributed by atoms with Gasteiger partial charge in [-0.15, -0.1) is 24.0 Å². The van der Waals surface area contributed by atoms with Gasteiger partial charge in [-0.1, -0.05) is 12.1 Å². The molecule has 1 fully saturated rings. The molecule has 0 spiro atoms. The van der Waals surface area contributed by atoms with Crippen LogP contribution in [-0.2, 0) is 0 Å². The Kier molecular flexibility index (Phi) is 9.38. The van der Waals surface area contributed by atoms with Crippen LogP contribution in [0.1, 0.15) is 25.5 Å². The van der Waals surface area contributed by atoms with Crippen molar-refractivity contribution < 1.29 is 0 Å². The third kappa shape index (κ3) is 6.68. The number of aromatic nitrogens is 2. The highest BCUT2D eigenvalue weighted by atomic mass is 127. The average molecular weight is 511 g/mol. The first-order valence-electron chi connectivity index (χ1n) is 10.1. The molecule has 7 nitrogen and oxygen atoms in total. The third-order valence-corrected chi connectivity index (χ3v) is 5.28. The monoisotopic (exact) mass is 511 g/mol. The molecule has 160 valence electrons. The summed E-state index contributed by atoms with van der Waals surface area (Å²) in [5, 5.41) is 11.3. The summed E-state index contributed by atoms with van der Waals surface area (Å²) in [5.74, 6) is 0.862. The Hall–Kier alpha value is -1.65. The number of aliphatic imine (C=N–C) groups is 1. The molecule has 1 saturated heterocycles. The molecule has 0 radical (unpaired) electrons. The maximum atomic E-state index is 4.87. The molecule has 1 aromatic carbocycles. The van der Waals surface area contributed by atoms with Crippen LogP contribution in [0.25, 0.3) is 5.69 Å². The number of benzene rings is 1. The van der Waals surface area contributed by atoms with Crippen molar-refractivity contribution in [2.45, 2.75) is 25.9 Å². The molecule has 2 N–H and O–H groups in total. The van der Waals surface area contributed by atoms with Gasteiger partial charge in [0.1, 0.15) is 0 Å². The van der Waals surface area contributed by atoms with Crippen LogP contribution in [0.15, 0.2) is 47.7 Å². The lowest BCUT2D eigenvalue weighted by Gasteiger charge is -2.37. The summed E-state index contributed by atoms with van der Waals surface area (Å²) in [7, 11) is 4.37. The van der Waals surface area contributed by atoms with Crippen molar-refractivity contribution in [3.05, 3.63) is 48.3 Å². The van der Waals surface area contributed by atoms with Gasteiger partial charge < -0.3 is 15.5 Å². The maximum Gasteiger partial charge on any atom is 0.191 e. The molecule has 0 amide bonds. The number of nitrogens with one attached hydrogen (secondary N) is 2. The second-order valence-electron chi connectivity index (χ2n) is 7.53. The Labute approximate surface area is 191 Å². The van der Waals surface area contributed by atoms with Gasteiger partial charge in [-0.2, -0.15) is 5.10 Å². The first kappa shape index (κ1) is 23.6. The van der Waals surface area contributed by atoms with E-state index in [1.807, 2.05) is 16.9 Å².